The maximum atomic E-state index is 13.6. The molecule has 0 saturated carbocycles. The topological polar surface area (TPSA) is 29.5 Å². The quantitative estimate of drug-likeness (QED) is 0.914. The van der Waals surface area contributed by atoms with Crippen molar-refractivity contribution >= 4 is 11.6 Å². The van der Waals surface area contributed by atoms with Crippen LogP contribution in [0.25, 0.3) is 0 Å². The average molecular weight is 299 g/mol. The number of halogens is 3. The largest absolute Gasteiger partial charge is 0.488 e. The van der Waals surface area contributed by atoms with E-state index in [1.807, 2.05) is 0 Å². The lowest BCUT2D eigenvalue weighted by atomic mass is 10.1. The van der Waals surface area contributed by atoms with Crippen LogP contribution >= 0.6 is 11.6 Å². The normalized spacial score (nSPS) is 12.2. The van der Waals surface area contributed by atoms with Gasteiger partial charge in [-0.15, -0.1) is 0 Å². The van der Waals surface area contributed by atoms with Gasteiger partial charge in [-0.25, -0.2) is 8.78 Å². The van der Waals surface area contributed by atoms with Gasteiger partial charge >= 0.3 is 0 Å². The molecule has 106 valence electrons. The lowest BCUT2D eigenvalue weighted by Crippen LogP contribution is -2.03. The molecule has 0 aliphatic rings. The fraction of sp³-hybridized carbons (Fsp3) is 0.200. The van der Waals surface area contributed by atoms with Crippen LogP contribution in [-0.4, -0.2) is 5.11 Å². The Balaban J connectivity index is 2.20. The lowest BCUT2D eigenvalue weighted by Gasteiger charge is -2.14. The zero-order chi connectivity index (χ0) is 14.7. The van der Waals surface area contributed by atoms with E-state index in [-0.39, 0.29) is 12.4 Å². The molecule has 0 amide bonds. The van der Waals surface area contributed by atoms with Gasteiger partial charge in [-0.3, -0.25) is 0 Å². The SMILES string of the molecule is C[C@H](O)c1ccc(F)cc1OCc1ccc(Cl)cc1F. The van der Waals surface area contributed by atoms with Gasteiger partial charge < -0.3 is 9.84 Å². The molecule has 20 heavy (non-hydrogen) atoms. The van der Waals surface area contributed by atoms with E-state index in [0.29, 0.717) is 16.1 Å². The van der Waals surface area contributed by atoms with Crippen LogP contribution in [-0.2, 0) is 6.61 Å². The summed E-state index contributed by atoms with van der Waals surface area (Å²) in [4.78, 5) is 0. The maximum absolute atomic E-state index is 13.6. The second kappa shape index (κ2) is 6.20. The molecule has 1 atom stereocenters. The van der Waals surface area contributed by atoms with Crippen molar-refractivity contribution in [1.29, 1.82) is 0 Å². The molecule has 2 nitrogen and oxygen atoms in total. The Morgan fingerprint density at radius 1 is 1.20 bits per heavy atom. The maximum Gasteiger partial charge on any atom is 0.131 e. The van der Waals surface area contributed by atoms with Crippen LogP contribution in [0.5, 0.6) is 5.75 Å². The summed E-state index contributed by atoms with van der Waals surface area (Å²) < 4.78 is 32.2. The van der Waals surface area contributed by atoms with Gasteiger partial charge in [-0.1, -0.05) is 17.7 Å². The smallest absolute Gasteiger partial charge is 0.131 e. The molecule has 0 unspecified atom stereocenters. The Kier molecular flexibility index (Phi) is 4.57. The Morgan fingerprint density at radius 3 is 2.60 bits per heavy atom. The molecule has 0 spiro atoms. The summed E-state index contributed by atoms with van der Waals surface area (Å²) in [5.74, 6) is -0.789. The first-order valence-corrected chi connectivity index (χ1v) is 6.39. The summed E-state index contributed by atoms with van der Waals surface area (Å²) in [5.41, 5.74) is 0.746. The molecule has 0 aliphatic carbocycles. The Hall–Kier alpha value is -1.65. The number of benzene rings is 2. The molecule has 0 bridgehead atoms. The molecule has 1 N–H and O–H groups in total. The monoisotopic (exact) mass is 298 g/mol. The van der Waals surface area contributed by atoms with Gasteiger partial charge in [0.05, 0.1) is 6.10 Å². The van der Waals surface area contributed by atoms with Gasteiger partial charge in [-0.2, -0.15) is 0 Å². The summed E-state index contributed by atoms with van der Waals surface area (Å²) in [7, 11) is 0. The minimum atomic E-state index is -0.805. The minimum Gasteiger partial charge on any atom is -0.488 e. The molecule has 2 rings (SSSR count). The second-order valence-corrected chi connectivity index (χ2v) is 4.82. The van der Waals surface area contributed by atoms with Crippen molar-refractivity contribution in [2.24, 2.45) is 0 Å². The van der Waals surface area contributed by atoms with Crippen LogP contribution in [0.2, 0.25) is 5.02 Å². The summed E-state index contributed by atoms with van der Waals surface area (Å²) in [6.07, 6.45) is -0.805. The Morgan fingerprint density at radius 2 is 1.95 bits per heavy atom. The summed E-state index contributed by atoms with van der Waals surface area (Å²) in [5, 5.41) is 9.88. The van der Waals surface area contributed by atoms with Crippen LogP contribution in [0.1, 0.15) is 24.2 Å². The van der Waals surface area contributed by atoms with Crippen LogP contribution in [0.4, 0.5) is 8.78 Å². The van der Waals surface area contributed by atoms with E-state index in [0.717, 1.165) is 6.07 Å². The van der Waals surface area contributed by atoms with Crippen LogP contribution in [0, 0.1) is 11.6 Å². The first kappa shape index (κ1) is 14.8. The molecule has 5 heteroatoms. The fourth-order valence-electron chi connectivity index (χ4n) is 1.77. The van der Waals surface area contributed by atoms with Crippen LogP contribution in [0.15, 0.2) is 36.4 Å². The molecule has 0 saturated heterocycles. The summed E-state index contributed by atoms with van der Waals surface area (Å²) in [6.45, 7) is 1.47. The number of ether oxygens (including phenoxy) is 1. The molecular formula is C15H13ClF2O2. The van der Waals surface area contributed by atoms with Crippen molar-refractivity contribution in [3.05, 3.63) is 64.2 Å². The Bertz CT molecular complexity index is 615. The van der Waals surface area contributed by atoms with Gasteiger partial charge in [0.15, 0.2) is 0 Å². The number of hydrogen-bond acceptors (Lipinski definition) is 2. The standard InChI is InChI=1S/C15H13ClF2O2/c1-9(19)13-5-4-12(17)7-15(13)20-8-10-2-3-11(16)6-14(10)18/h2-7,9,19H,8H2,1H3/t9-/m0/s1. The van der Waals surface area contributed by atoms with Crippen molar-refractivity contribution in [2.75, 3.05) is 0 Å². The highest BCUT2D eigenvalue weighted by Crippen LogP contribution is 2.27. The van der Waals surface area contributed by atoms with E-state index in [9.17, 15) is 13.9 Å². The van der Waals surface area contributed by atoms with E-state index in [4.69, 9.17) is 16.3 Å². The molecule has 2 aromatic carbocycles. The minimum absolute atomic E-state index is 0.0772. The van der Waals surface area contributed by atoms with Gasteiger partial charge in [0, 0.05) is 22.2 Å². The fourth-order valence-corrected chi connectivity index (χ4v) is 1.93. The highest BCUT2D eigenvalue weighted by molar-refractivity contribution is 6.30. The van der Waals surface area contributed by atoms with Crippen LogP contribution < -0.4 is 4.74 Å². The third kappa shape index (κ3) is 3.46. The highest BCUT2D eigenvalue weighted by atomic mass is 35.5. The van der Waals surface area contributed by atoms with Crippen molar-refractivity contribution in [2.45, 2.75) is 19.6 Å². The molecule has 2 aromatic rings. The van der Waals surface area contributed by atoms with Gasteiger partial charge in [0.1, 0.15) is 24.0 Å². The van der Waals surface area contributed by atoms with E-state index in [1.165, 1.54) is 24.3 Å². The first-order chi connectivity index (χ1) is 9.47. The summed E-state index contributed by atoms with van der Waals surface area (Å²) >= 11 is 5.66. The van der Waals surface area contributed by atoms with Crippen molar-refractivity contribution in [3.63, 3.8) is 0 Å². The first-order valence-electron chi connectivity index (χ1n) is 6.01. The van der Waals surface area contributed by atoms with E-state index >= 15 is 0 Å². The number of aliphatic hydroxyl groups is 1. The van der Waals surface area contributed by atoms with Gasteiger partial charge in [0.25, 0.3) is 0 Å². The van der Waals surface area contributed by atoms with E-state index in [1.54, 1.807) is 13.0 Å². The van der Waals surface area contributed by atoms with Crippen LogP contribution in [0.3, 0.4) is 0 Å². The third-order valence-corrected chi connectivity index (χ3v) is 3.06. The van der Waals surface area contributed by atoms with Gasteiger partial charge in [0.2, 0.25) is 0 Å². The zero-order valence-corrected chi connectivity index (χ0v) is 11.5. The molecule has 0 aliphatic heterocycles. The molecule has 0 radical (unpaired) electrons. The number of hydrogen-bond donors (Lipinski definition) is 1. The van der Waals surface area contributed by atoms with Crippen molar-refractivity contribution < 1.29 is 18.6 Å². The Labute approximate surface area is 120 Å². The lowest BCUT2D eigenvalue weighted by molar-refractivity contribution is 0.189. The van der Waals surface area contributed by atoms with E-state index in [2.05, 4.69) is 0 Å². The van der Waals surface area contributed by atoms with Crippen molar-refractivity contribution in [1.82, 2.24) is 0 Å². The highest BCUT2D eigenvalue weighted by Gasteiger charge is 2.11. The third-order valence-electron chi connectivity index (χ3n) is 2.82. The van der Waals surface area contributed by atoms with Crippen molar-refractivity contribution in [3.8, 4) is 5.75 Å². The average Bonchev–Trinajstić information content (AvgIpc) is 2.37. The number of rotatable bonds is 4. The molecular weight excluding hydrogens is 286 g/mol. The molecule has 0 heterocycles. The molecule has 0 fully saturated rings. The predicted octanol–water partition coefficient (Wildman–Crippen LogP) is 4.25. The summed E-state index contributed by atoms with van der Waals surface area (Å²) in [6, 6.07) is 8.06. The number of aliphatic hydroxyl groups excluding tert-OH is 1. The molecule has 0 aromatic heterocycles. The van der Waals surface area contributed by atoms with E-state index < -0.39 is 17.7 Å². The predicted molar refractivity (Wildman–Crippen MR) is 72.8 cm³/mol. The van der Waals surface area contributed by atoms with Gasteiger partial charge in [-0.05, 0) is 31.2 Å². The second-order valence-electron chi connectivity index (χ2n) is 4.38. The zero-order valence-electron chi connectivity index (χ0n) is 10.7.